The van der Waals surface area contributed by atoms with E-state index in [0.717, 1.165) is 15.6 Å². The second kappa shape index (κ2) is 10.3. The Morgan fingerprint density at radius 3 is 2.56 bits per heavy atom. The number of benzene rings is 2. The summed E-state index contributed by atoms with van der Waals surface area (Å²) in [5.41, 5.74) is 2.21. The molecule has 0 aromatic heterocycles. The Balaban J connectivity index is 2.26. The van der Waals surface area contributed by atoms with Gasteiger partial charge in [-0.1, -0.05) is 58.7 Å². The summed E-state index contributed by atoms with van der Waals surface area (Å²) in [5, 5.41) is 3.78. The number of carbonyl (C=O) groups is 1. The van der Waals surface area contributed by atoms with Gasteiger partial charge in [0.15, 0.2) is 5.71 Å². The first kappa shape index (κ1) is 21.3. The minimum atomic E-state index is -0.598. The van der Waals surface area contributed by atoms with Crippen molar-refractivity contribution >= 4 is 56.9 Å². The summed E-state index contributed by atoms with van der Waals surface area (Å²) in [6.07, 6.45) is 1.62. The molecule has 0 aliphatic rings. The van der Waals surface area contributed by atoms with Crippen LogP contribution in [-0.4, -0.2) is 25.9 Å². The Kier molecular flexibility index (Phi) is 8.16. The van der Waals surface area contributed by atoms with Crippen molar-refractivity contribution in [2.75, 3.05) is 14.2 Å². The Bertz CT molecular complexity index is 880. The monoisotopic (exact) mass is 471 g/mol. The highest BCUT2D eigenvalue weighted by Gasteiger charge is 2.19. The van der Waals surface area contributed by atoms with E-state index in [-0.39, 0.29) is 16.8 Å². The molecule has 8 heteroatoms. The highest BCUT2D eigenvalue weighted by Crippen LogP contribution is 2.28. The van der Waals surface area contributed by atoms with Crippen molar-refractivity contribution < 1.29 is 19.1 Å². The van der Waals surface area contributed by atoms with Gasteiger partial charge in [-0.05, 0) is 45.3 Å². The highest BCUT2D eigenvalue weighted by molar-refractivity contribution is 9.10. The molecule has 0 bridgehead atoms. The first-order valence-corrected chi connectivity index (χ1v) is 9.24. The van der Waals surface area contributed by atoms with Crippen molar-refractivity contribution in [3.8, 4) is 5.75 Å². The molecule has 0 aliphatic carbocycles. The molecular formula is C19H16BrCl2NO4. The molecule has 0 saturated carbocycles. The largest absolute Gasteiger partial charge is 0.488 e. The van der Waals surface area contributed by atoms with Gasteiger partial charge in [0.2, 0.25) is 0 Å². The van der Waals surface area contributed by atoms with Crippen molar-refractivity contribution in [3.05, 3.63) is 68.1 Å². The summed E-state index contributed by atoms with van der Waals surface area (Å²) in [6.45, 7) is 0.208. The Hall–Kier alpha value is -2.02. The predicted octanol–water partition coefficient (Wildman–Crippen LogP) is 5.33. The van der Waals surface area contributed by atoms with Crippen LogP contribution in [0.5, 0.6) is 5.75 Å². The van der Waals surface area contributed by atoms with Gasteiger partial charge in [-0.3, -0.25) is 0 Å². The van der Waals surface area contributed by atoms with Crippen molar-refractivity contribution in [1.82, 2.24) is 0 Å². The third-order valence-electron chi connectivity index (χ3n) is 3.45. The zero-order valence-electron chi connectivity index (χ0n) is 14.5. The molecule has 2 aromatic rings. The zero-order valence-corrected chi connectivity index (χ0v) is 17.6. The lowest BCUT2D eigenvalue weighted by Gasteiger charge is -2.13. The zero-order chi connectivity index (χ0) is 19.8. The molecule has 142 valence electrons. The molecule has 0 radical (unpaired) electrons. The van der Waals surface area contributed by atoms with E-state index < -0.39 is 5.97 Å². The van der Waals surface area contributed by atoms with Gasteiger partial charge in [-0.25, -0.2) is 4.79 Å². The SMILES string of the molecule is CO/N=C(/C(=O)OC)c1ccccc1COc1ccc(C=C(Cl)Cl)cc1Br. The minimum absolute atomic E-state index is 0.0653. The maximum atomic E-state index is 12.0. The number of methoxy groups -OCH3 is 1. The lowest BCUT2D eigenvalue weighted by Crippen LogP contribution is -2.19. The van der Waals surface area contributed by atoms with Crippen LogP contribution < -0.4 is 4.74 Å². The van der Waals surface area contributed by atoms with E-state index in [0.29, 0.717) is 11.3 Å². The van der Waals surface area contributed by atoms with Crippen LogP contribution in [0.2, 0.25) is 0 Å². The molecule has 0 N–H and O–H groups in total. The third-order valence-corrected chi connectivity index (χ3v) is 4.29. The topological polar surface area (TPSA) is 57.1 Å². The van der Waals surface area contributed by atoms with E-state index in [1.165, 1.54) is 14.2 Å². The molecule has 2 aromatic carbocycles. The number of nitrogens with zero attached hydrogens (tertiary/aromatic N) is 1. The summed E-state index contributed by atoms with van der Waals surface area (Å²) in [5.74, 6) is 0.0236. The molecule has 0 heterocycles. The average Bonchev–Trinajstić information content (AvgIpc) is 2.65. The normalized spacial score (nSPS) is 10.9. The molecule has 5 nitrogen and oxygen atoms in total. The molecule has 0 unspecified atom stereocenters. The van der Waals surface area contributed by atoms with Crippen LogP contribution in [0.3, 0.4) is 0 Å². The first-order valence-electron chi connectivity index (χ1n) is 7.69. The Morgan fingerprint density at radius 1 is 1.19 bits per heavy atom. The van der Waals surface area contributed by atoms with Crippen LogP contribution in [0.4, 0.5) is 0 Å². The maximum Gasteiger partial charge on any atom is 0.360 e. The van der Waals surface area contributed by atoms with Gasteiger partial charge in [-0.15, -0.1) is 0 Å². The fourth-order valence-corrected chi connectivity index (χ4v) is 3.03. The predicted molar refractivity (Wildman–Crippen MR) is 110 cm³/mol. The quantitative estimate of drug-likeness (QED) is 0.310. The van der Waals surface area contributed by atoms with Crippen molar-refractivity contribution in [3.63, 3.8) is 0 Å². The van der Waals surface area contributed by atoms with Gasteiger partial charge in [0, 0.05) is 5.56 Å². The van der Waals surface area contributed by atoms with Gasteiger partial charge < -0.3 is 14.3 Å². The number of esters is 1. The fourth-order valence-electron chi connectivity index (χ4n) is 2.27. The standard InChI is InChI=1S/C19H16BrCl2NO4/c1-25-19(24)18(23-26-2)14-6-4-3-5-13(14)11-27-16-8-7-12(9-15(16)20)10-17(21)22/h3-10H,11H2,1-2H3/b23-18+. The van der Waals surface area contributed by atoms with E-state index >= 15 is 0 Å². The summed E-state index contributed by atoms with van der Waals surface area (Å²) in [6, 6.07) is 12.7. The number of oxime groups is 1. The van der Waals surface area contributed by atoms with E-state index in [2.05, 4.69) is 21.1 Å². The maximum absolute atomic E-state index is 12.0. The van der Waals surface area contributed by atoms with Crippen LogP contribution >= 0.6 is 39.1 Å². The fraction of sp³-hybridized carbons (Fsp3) is 0.158. The lowest BCUT2D eigenvalue weighted by molar-refractivity contribution is -0.132. The lowest BCUT2D eigenvalue weighted by atomic mass is 10.0. The van der Waals surface area contributed by atoms with Crippen LogP contribution in [0, 0.1) is 0 Å². The number of halogens is 3. The molecule has 0 atom stereocenters. The highest BCUT2D eigenvalue weighted by atomic mass is 79.9. The smallest absolute Gasteiger partial charge is 0.360 e. The Labute approximate surface area is 175 Å². The molecule has 0 spiro atoms. The van der Waals surface area contributed by atoms with Crippen LogP contribution in [-0.2, 0) is 21.0 Å². The number of carbonyl (C=O) groups excluding carboxylic acids is 1. The van der Waals surface area contributed by atoms with E-state index in [1.54, 1.807) is 24.3 Å². The second-order valence-electron chi connectivity index (χ2n) is 5.18. The molecule has 0 fully saturated rings. The minimum Gasteiger partial charge on any atom is -0.488 e. The number of rotatable bonds is 7. The molecule has 2 rings (SSSR count). The van der Waals surface area contributed by atoms with Gasteiger partial charge >= 0.3 is 5.97 Å². The summed E-state index contributed by atoms with van der Waals surface area (Å²) in [4.78, 5) is 16.8. The third kappa shape index (κ3) is 5.99. The van der Waals surface area contributed by atoms with E-state index in [9.17, 15) is 4.79 Å². The average molecular weight is 473 g/mol. The van der Waals surface area contributed by atoms with Gasteiger partial charge in [0.1, 0.15) is 24.0 Å². The van der Waals surface area contributed by atoms with Gasteiger partial charge in [0.05, 0.1) is 11.6 Å². The van der Waals surface area contributed by atoms with Gasteiger partial charge in [0.25, 0.3) is 0 Å². The summed E-state index contributed by atoms with van der Waals surface area (Å²) >= 11 is 14.8. The molecular weight excluding hydrogens is 457 g/mol. The van der Waals surface area contributed by atoms with E-state index in [1.807, 2.05) is 24.3 Å². The number of ether oxygens (including phenoxy) is 2. The second-order valence-corrected chi connectivity index (χ2v) is 7.05. The van der Waals surface area contributed by atoms with Crippen molar-refractivity contribution in [2.24, 2.45) is 5.16 Å². The first-order chi connectivity index (χ1) is 13.0. The van der Waals surface area contributed by atoms with Crippen LogP contribution in [0.15, 0.2) is 56.6 Å². The summed E-state index contributed by atoms with van der Waals surface area (Å²) < 4.78 is 11.6. The molecule has 0 amide bonds. The van der Waals surface area contributed by atoms with Crippen molar-refractivity contribution in [1.29, 1.82) is 0 Å². The van der Waals surface area contributed by atoms with E-state index in [4.69, 9.17) is 37.5 Å². The number of hydrogen-bond donors (Lipinski definition) is 0. The molecule has 27 heavy (non-hydrogen) atoms. The molecule has 0 saturated heterocycles. The van der Waals surface area contributed by atoms with Gasteiger partial charge in [-0.2, -0.15) is 0 Å². The molecule has 0 aliphatic heterocycles. The summed E-state index contributed by atoms with van der Waals surface area (Å²) in [7, 11) is 2.65. The van der Waals surface area contributed by atoms with Crippen molar-refractivity contribution in [2.45, 2.75) is 6.61 Å². The Morgan fingerprint density at radius 2 is 1.93 bits per heavy atom. The van der Waals surface area contributed by atoms with Crippen LogP contribution in [0.25, 0.3) is 6.08 Å². The number of hydrogen-bond acceptors (Lipinski definition) is 5. The van der Waals surface area contributed by atoms with Crippen LogP contribution in [0.1, 0.15) is 16.7 Å².